The molecular weight excluding hydrogens is 228 g/mol. The maximum atomic E-state index is 6.35. The van der Waals surface area contributed by atoms with Crippen LogP contribution in [0.2, 0.25) is 0 Å². The first kappa shape index (κ1) is 12.1. The van der Waals surface area contributed by atoms with E-state index in [0.717, 1.165) is 6.42 Å². The van der Waals surface area contributed by atoms with Crippen molar-refractivity contribution < 1.29 is 0 Å². The Kier molecular flexibility index (Phi) is 3.13. The second-order valence-corrected chi connectivity index (χ2v) is 5.12. The summed E-state index contributed by atoms with van der Waals surface area (Å²) in [5.74, 6) is 2.90. The van der Waals surface area contributed by atoms with Crippen molar-refractivity contribution in [1.82, 2.24) is 0 Å². The molecule has 0 saturated carbocycles. The van der Waals surface area contributed by atoms with Crippen LogP contribution in [0.25, 0.3) is 0 Å². The van der Waals surface area contributed by atoms with Crippen molar-refractivity contribution in [3.05, 3.63) is 77.7 Å². The number of benzene rings is 2. The van der Waals surface area contributed by atoms with Crippen molar-refractivity contribution in [2.24, 2.45) is 5.92 Å². The summed E-state index contributed by atoms with van der Waals surface area (Å²) in [6.45, 7) is 6.35. The van der Waals surface area contributed by atoms with Crippen LogP contribution >= 0.6 is 0 Å². The van der Waals surface area contributed by atoms with E-state index in [1.54, 1.807) is 0 Å². The Morgan fingerprint density at radius 1 is 1.00 bits per heavy atom. The number of fused-ring (bicyclic) bond motifs is 2. The maximum absolute atomic E-state index is 6.35. The van der Waals surface area contributed by atoms with Crippen LogP contribution in [0.3, 0.4) is 0 Å². The number of rotatable bonds is 2. The van der Waals surface area contributed by atoms with Crippen LogP contribution in [-0.2, 0) is 6.42 Å². The molecule has 19 heavy (non-hydrogen) atoms. The van der Waals surface area contributed by atoms with E-state index in [-0.39, 0.29) is 11.8 Å². The molecule has 0 heterocycles. The van der Waals surface area contributed by atoms with Crippen LogP contribution in [0, 0.1) is 25.2 Å². The van der Waals surface area contributed by atoms with E-state index in [1.165, 1.54) is 22.3 Å². The normalized spacial score (nSPS) is 15.2. The van der Waals surface area contributed by atoms with Crippen LogP contribution in [-0.4, -0.2) is 0 Å². The van der Waals surface area contributed by atoms with Gasteiger partial charge in [0.25, 0.3) is 0 Å². The molecule has 0 saturated heterocycles. The van der Waals surface area contributed by atoms with Gasteiger partial charge in [-0.15, -0.1) is 12.3 Å². The molecule has 0 bridgehead atoms. The third kappa shape index (κ3) is 2.06. The van der Waals surface area contributed by atoms with Crippen LogP contribution in [0.4, 0.5) is 0 Å². The summed E-state index contributed by atoms with van der Waals surface area (Å²) in [5, 5.41) is 0. The van der Waals surface area contributed by atoms with Crippen molar-refractivity contribution >= 4 is 0 Å². The van der Waals surface area contributed by atoms with Gasteiger partial charge in [0.05, 0.1) is 0 Å². The Balaban J connectivity index is 2.14. The third-order valence-electron chi connectivity index (χ3n) is 3.94. The van der Waals surface area contributed by atoms with E-state index in [2.05, 4.69) is 54.5 Å². The highest BCUT2D eigenvalue weighted by molar-refractivity contribution is 5.49. The Morgan fingerprint density at radius 3 is 2.05 bits per heavy atom. The molecule has 92 valence electrons. The lowest BCUT2D eigenvalue weighted by atomic mass is 9.72. The molecule has 2 aromatic carbocycles. The predicted molar refractivity (Wildman–Crippen MR) is 78.8 cm³/mol. The molecule has 0 fully saturated rings. The summed E-state index contributed by atoms with van der Waals surface area (Å²) >= 11 is 0. The Bertz CT molecular complexity index is 585. The molecule has 2 aromatic rings. The monoisotopic (exact) mass is 244 g/mol. The second kappa shape index (κ2) is 4.94. The standard InChI is InChI=1S/C19H16/c1-3-8-14(2)19-17-11-6-4-9-15(17)13-16-10-5-7-12-18(16)19/h1-2,4-7,9-12,14,19H,8,13H2. The molecule has 0 spiro atoms. The number of hydrogen-bond acceptors (Lipinski definition) is 0. The smallest absolute Gasteiger partial charge is 0.0135 e. The summed E-state index contributed by atoms with van der Waals surface area (Å²) in [7, 11) is 0. The fourth-order valence-corrected chi connectivity index (χ4v) is 3.09. The molecule has 0 N–H and O–H groups in total. The van der Waals surface area contributed by atoms with Gasteiger partial charge in [0.15, 0.2) is 0 Å². The lowest BCUT2D eigenvalue weighted by molar-refractivity contribution is 0.566. The molecule has 0 amide bonds. The van der Waals surface area contributed by atoms with Crippen molar-refractivity contribution in [1.29, 1.82) is 0 Å². The highest BCUT2D eigenvalue weighted by Gasteiger charge is 2.28. The van der Waals surface area contributed by atoms with E-state index in [0.29, 0.717) is 6.42 Å². The minimum Gasteiger partial charge on any atom is -0.120 e. The average molecular weight is 244 g/mol. The van der Waals surface area contributed by atoms with Crippen molar-refractivity contribution in [3.63, 3.8) is 0 Å². The minimum atomic E-state index is -0.0207. The Labute approximate surface area is 115 Å². The number of hydrogen-bond donors (Lipinski definition) is 0. The van der Waals surface area contributed by atoms with Crippen molar-refractivity contribution in [2.75, 3.05) is 0 Å². The second-order valence-electron chi connectivity index (χ2n) is 5.12. The summed E-state index contributed by atoms with van der Waals surface area (Å²) < 4.78 is 0. The van der Waals surface area contributed by atoms with Gasteiger partial charge in [0, 0.05) is 12.3 Å². The van der Waals surface area contributed by atoms with Crippen LogP contribution < -0.4 is 0 Å². The van der Waals surface area contributed by atoms with Gasteiger partial charge in [-0.1, -0.05) is 48.5 Å². The average Bonchev–Trinajstić information content (AvgIpc) is 2.44. The lowest BCUT2D eigenvalue weighted by Gasteiger charge is -2.32. The summed E-state index contributed by atoms with van der Waals surface area (Å²) in [6, 6.07) is 17.1. The highest BCUT2D eigenvalue weighted by Crippen LogP contribution is 2.41. The SMILES string of the molecule is [CH]C(CC#C)C1c2ccccc2Cc2ccccc21. The summed E-state index contributed by atoms with van der Waals surface area (Å²) in [4.78, 5) is 0. The highest BCUT2D eigenvalue weighted by atomic mass is 14.3. The Morgan fingerprint density at radius 2 is 1.53 bits per heavy atom. The van der Waals surface area contributed by atoms with Crippen LogP contribution in [0.15, 0.2) is 48.5 Å². The molecular formula is C19H16. The zero-order chi connectivity index (χ0) is 13.2. The zero-order valence-corrected chi connectivity index (χ0v) is 10.8. The molecule has 1 atom stereocenters. The van der Waals surface area contributed by atoms with Gasteiger partial charge in [-0.25, -0.2) is 0 Å². The van der Waals surface area contributed by atoms with Crippen LogP contribution in [0.5, 0.6) is 0 Å². The van der Waals surface area contributed by atoms with E-state index in [4.69, 9.17) is 13.3 Å². The quantitative estimate of drug-likeness (QED) is 0.698. The van der Waals surface area contributed by atoms with Crippen molar-refractivity contribution in [3.8, 4) is 12.3 Å². The Hall–Kier alpha value is -2.00. The molecule has 1 aliphatic rings. The van der Waals surface area contributed by atoms with Gasteiger partial charge in [-0.05, 0) is 41.5 Å². The first-order valence-corrected chi connectivity index (χ1v) is 6.66. The molecule has 0 aliphatic heterocycles. The van der Waals surface area contributed by atoms with E-state index in [1.807, 2.05) is 0 Å². The minimum absolute atomic E-state index is 0.0207. The van der Waals surface area contributed by atoms with Gasteiger partial charge < -0.3 is 0 Å². The zero-order valence-electron chi connectivity index (χ0n) is 10.8. The molecule has 3 rings (SSSR count). The summed E-state index contributed by atoms with van der Waals surface area (Å²) in [5.41, 5.74) is 5.42. The van der Waals surface area contributed by atoms with Gasteiger partial charge in [0.1, 0.15) is 0 Å². The van der Waals surface area contributed by atoms with Gasteiger partial charge in [0.2, 0.25) is 0 Å². The first-order valence-electron chi connectivity index (χ1n) is 6.66. The maximum Gasteiger partial charge on any atom is 0.0135 e. The molecule has 0 heteroatoms. The fraction of sp³-hybridized carbons (Fsp3) is 0.211. The van der Waals surface area contributed by atoms with Crippen LogP contribution in [0.1, 0.15) is 34.6 Å². The molecule has 1 aliphatic carbocycles. The summed E-state index contributed by atoms with van der Waals surface area (Å²) in [6.07, 6.45) is 7.04. The van der Waals surface area contributed by atoms with Gasteiger partial charge in [-0.3, -0.25) is 0 Å². The van der Waals surface area contributed by atoms with E-state index in [9.17, 15) is 0 Å². The largest absolute Gasteiger partial charge is 0.120 e. The lowest BCUT2D eigenvalue weighted by Crippen LogP contribution is -2.19. The van der Waals surface area contributed by atoms with Gasteiger partial charge >= 0.3 is 0 Å². The predicted octanol–water partition coefficient (Wildman–Crippen LogP) is 4.07. The molecule has 1 unspecified atom stereocenters. The van der Waals surface area contributed by atoms with E-state index >= 15 is 0 Å². The molecule has 0 aromatic heterocycles. The fourth-order valence-electron chi connectivity index (χ4n) is 3.09. The third-order valence-corrected chi connectivity index (χ3v) is 3.94. The van der Waals surface area contributed by atoms with Crippen molar-refractivity contribution in [2.45, 2.75) is 18.8 Å². The number of terminal acetylenes is 1. The first-order chi connectivity index (χ1) is 9.31. The molecule has 0 nitrogen and oxygen atoms in total. The molecule has 2 radical (unpaired) electrons. The topological polar surface area (TPSA) is 0 Å². The van der Waals surface area contributed by atoms with Gasteiger partial charge in [-0.2, -0.15) is 0 Å². The van der Waals surface area contributed by atoms with E-state index < -0.39 is 0 Å².